The first-order chi connectivity index (χ1) is 7.73. The molecule has 0 aromatic carbocycles. The topological polar surface area (TPSA) is 49.4 Å². The molecular weight excluding hydrogens is 216 g/mol. The van der Waals surface area contributed by atoms with Gasteiger partial charge in [0.15, 0.2) is 0 Å². The molecule has 0 aliphatic carbocycles. The normalized spacial score (nSPS) is 34.2. The van der Waals surface area contributed by atoms with Gasteiger partial charge in [-0.15, -0.1) is 0 Å². The highest BCUT2D eigenvalue weighted by atomic mass is 16.2. The lowest BCUT2D eigenvalue weighted by atomic mass is 9.83. The smallest absolute Gasteiger partial charge is 0.249 e. The molecule has 2 amide bonds. The van der Waals surface area contributed by atoms with E-state index >= 15 is 0 Å². The van der Waals surface area contributed by atoms with Gasteiger partial charge in [-0.3, -0.25) is 9.59 Å². The Bertz CT molecular complexity index is 340. The van der Waals surface area contributed by atoms with Gasteiger partial charge in [0.25, 0.3) is 0 Å². The number of nitrogens with zero attached hydrogens (tertiary/aromatic N) is 1. The summed E-state index contributed by atoms with van der Waals surface area (Å²) in [4.78, 5) is 26.6. The Kier molecular flexibility index (Phi) is 3.55. The Morgan fingerprint density at radius 1 is 1.18 bits per heavy atom. The van der Waals surface area contributed by atoms with E-state index in [9.17, 15) is 9.59 Å². The third-order valence-corrected chi connectivity index (χ3v) is 4.01. The number of nitrogens with one attached hydrogen (secondary N) is 1. The third kappa shape index (κ3) is 1.94. The van der Waals surface area contributed by atoms with Crippen molar-refractivity contribution in [1.29, 1.82) is 0 Å². The van der Waals surface area contributed by atoms with Crippen molar-refractivity contribution >= 4 is 11.8 Å². The van der Waals surface area contributed by atoms with Crippen LogP contribution in [0.3, 0.4) is 0 Å². The molecule has 0 spiro atoms. The lowest BCUT2D eigenvalue weighted by molar-refractivity contribution is -0.164. The number of carbonyl (C=O) groups excluding carboxylic acids is 2. The van der Waals surface area contributed by atoms with Crippen LogP contribution in [0.25, 0.3) is 0 Å². The molecule has 4 nitrogen and oxygen atoms in total. The Morgan fingerprint density at radius 3 is 2.06 bits per heavy atom. The number of hydrogen-bond acceptors (Lipinski definition) is 2. The Balaban J connectivity index is 3.25. The highest BCUT2D eigenvalue weighted by Gasteiger charge is 2.53. The van der Waals surface area contributed by atoms with Gasteiger partial charge in [-0.2, -0.15) is 0 Å². The van der Waals surface area contributed by atoms with Crippen LogP contribution in [0.1, 0.15) is 54.4 Å². The van der Waals surface area contributed by atoms with E-state index < -0.39 is 11.1 Å². The Labute approximate surface area is 104 Å². The molecule has 0 bridgehead atoms. The Hall–Kier alpha value is -1.06. The molecule has 1 aliphatic heterocycles. The maximum Gasteiger partial charge on any atom is 0.249 e. The first-order valence-corrected chi connectivity index (χ1v) is 6.39. The lowest BCUT2D eigenvalue weighted by Crippen LogP contribution is -2.75. The number of amides is 2. The quantitative estimate of drug-likeness (QED) is 0.816. The van der Waals surface area contributed by atoms with Crippen LogP contribution in [-0.4, -0.2) is 33.8 Å². The molecule has 98 valence electrons. The zero-order valence-corrected chi connectivity index (χ0v) is 11.8. The van der Waals surface area contributed by atoms with Crippen LogP contribution in [0.15, 0.2) is 0 Å². The second-order valence-electron chi connectivity index (χ2n) is 5.54. The molecule has 0 aromatic heterocycles. The predicted octanol–water partition coefficient (Wildman–Crippen LogP) is 1.69. The fraction of sp³-hybridized carbons (Fsp3) is 0.846. The fourth-order valence-electron chi connectivity index (χ4n) is 2.41. The zero-order chi connectivity index (χ0) is 13.4. The molecule has 0 saturated carbocycles. The standard InChI is InChI=1S/C13H24N2O2/c1-7-12(5)11(17)15(9(3)4)13(6,8-2)10(16)14-12/h9H,7-8H2,1-6H3,(H,14,16). The van der Waals surface area contributed by atoms with Crippen LogP contribution in [0.2, 0.25) is 0 Å². The van der Waals surface area contributed by atoms with Crippen molar-refractivity contribution in [2.75, 3.05) is 0 Å². The number of piperazine rings is 1. The van der Waals surface area contributed by atoms with Crippen molar-refractivity contribution in [1.82, 2.24) is 10.2 Å². The first kappa shape index (κ1) is 14.0. The number of rotatable bonds is 3. The monoisotopic (exact) mass is 240 g/mol. The van der Waals surface area contributed by atoms with Gasteiger partial charge in [0.2, 0.25) is 11.8 Å². The summed E-state index contributed by atoms with van der Waals surface area (Å²) in [5.41, 5.74) is -1.48. The molecule has 2 atom stereocenters. The molecule has 0 radical (unpaired) electrons. The van der Waals surface area contributed by atoms with Crippen molar-refractivity contribution in [3.05, 3.63) is 0 Å². The summed E-state index contributed by atoms with van der Waals surface area (Å²) in [6.45, 7) is 11.4. The second kappa shape index (κ2) is 4.31. The van der Waals surface area contributed by atoms with Crippen LogP contribution in [0.5, 0.6) is 0 Å². The summed E-state index contributed by atoms with van der Waals surface area (Å²) >= 11 is 0. The molecule has 0 aromatic rings. The van der Waals surface area contributed by atoms with E-state index in [-0.39, 0.29) is 17.9 Å². The van der Waals surface area contributed by atoms with Crippen molar-refractivity contribution < 1.29 is 9.59 Å². The van der Waals surface area contributed by atoms with E-state index in [1.807, 2.05) is 34.6 Å². The van der Waals surface area contributed by atoms with Gasteiger partial charge < -0.3 is 10.2 Å². The minimum Gasteiger partial charge on any atom is -0.340 e. The maximum atomic E-state index is 12.6. The fourth-order valence-corrected chi connectivity index (χ4v) is 2.41. The molecule has 1 heterocycles. The van der Waals surface area contributed by atoms with Gasteiger partial charge in [-0.1, -0.05) is 13.8 Å². The summed E-state index contributed by atoms with van der Waals surface area (Å²) in [6, 6.07) is 0.0318. The van der Waals surface area contributed by atoms with Gasteiger partial charge >= 0.3 is 0 Å². The summed E-state index contributed by atoms with van der Waals surface area (Å²) in [7, 11) is 0. The minimum absolute atomic E-state index is 0.0268. The van der Waals surface area contributed by atoms with Crippen LogP contribution >= 0.6 is 0 Å². The van der Waals surface area contributed by atoms with Gasteiger partial charge in [0.05, 0.1) is 0 Å². The molecule has 2 unspecified atom stereocenters. The predicted molar refractivity (Wildman–Crippen MR) is 67.5 cm³/mol. The van der Waals surface area contributed by atoms with E-state index in [4.69, 9.17) is 0 Å². The summed E-state index contributed by atoms with van der Waals surface area (Å²) < 4.78 is 0. The van der Waals surface area contributed by atoms with Crippen molar-refractivity contribution in [2.45, 2.75) is 71.5 Å². The second-order valence-corrected chi connectivity index (χ2v) is 5.54. The van der Waals surface area contributed by atoms with Crippen LogP contribution in [0, 0.1) is 0 Å². The largest absolute Gasteiger partial charge is 0.340 e. The molecule has 1 fully saturated rings. The molecule has 1 N–H and O–H groups in total. The summed E-state index contributed by atoms with van der Waals surface area (Å²) in [6.07, 6.45) is 1.24. The van der Waals surface area contributed by atoms with Gasteiger partial charge in [-0.05, 0) is 40.5 Å². The van der Waals surface area contributed by atoms with Crippen molar-refractivity contribution in [3.63, 3.8) is 0 Å². The minimum atomic E-state index is -0.754. The maximum absolute atomic E-state index is 12.6. The zero-order valence-electron chi connectivity index (χ0n) is 11.8. The van der Waals surface area contributed by atoms with E-state index in [2.05, 4.69) is 5.32 Å². The van der Waals surface area contributed by atoms with E-state index in [0.29, 0.717) is 12.8 Å². The van der Waals surface area contributed by atoms with Gasteiger partial charge in [0, 0.05) is 6.04 Å². The number of hydrogen-bond donors (Lipinski definition) is 1. The average molecular weight is 240 g/mol. The molecule has 1 saturated heterocycles. The first-order valence-electron chi connectivity index (χ1n) is 6.39. The van der Waals surface area contributed by atoms with Gasteiger partial charge in [-0.25, -0.2) is 0 Å². The highest BCUT2D eigenvalue weighted by Crippen LogP contribution is 2.32. The van der Waals surface area contributed by atoms with E-state index in [1.54, 1.807) is 11.8 Å². The van der Waals surface area contributed by atoms with Crippen molar-refractivity contribution in [3.8, 4) is 0 Å². The molecule has 17 heavy (non-hydrogen) atoms. The van der Waals surface area contributed by atoms with Gasteiger partial charge in [0.1, 0.15) is 11.1 Å². The molecule has 1 rings (SSSR count). The highest BCUT2D eigenvalue weighted by molar-refractivity contribution is 6.02. The van der Waals surface area contributed by atoms with Crippen LogP contribution in [0.4, 0.5) is 0 Å². The SMILES string of the molecule is CCC1(C)NC(=O)C(C)(CC)N(C(C)C)C1=O. The number of carbonyl (C=O) groups is 2. The summed E-state index contributed by atoms with van der Waals surface area (Å²) in [5.74, 6) is -0.0170. The lowest BCUT2D eigenvalue weighted by Gasteiger charge is -2.51. The average Bonchev–Trinajstić information content (AvgIpc) is 2.26. The van der Waals surface area contributed by atoms with E-state index in [0.717, 1.165) is 0 Å². The van der Waals surface area contributed by atoms with Crippen molar-refractivity contribution in [2.24, 2.45) is 0 Å². The molecule has 1 aliphatic rings. The van der Waals surface area contributed by atoms with Crippen LogP contribution in [-0.2, 0) is 9.59 Å². The van der Waals surface area contributed by atoms with E-state index in [1.165, 1.54) is 0 Å². The summed E-state index contributed by atoms with van der Waals surface area (Å²) in [5, 5.41) is 2.89. The molecular formula is C13H24N2O2. The Morgan fingerprint density at radius 2 is 1.71 bits per heavy atom. The molecule has 4 heteroatoms. The third-order valence-electron chi connectivity index (χ3n) is 4.01. The van der Waals surface area contributed by atoms with Crippen LogP contribution < -0.4 is 5.32 Å².